The SMILES string of the molecule is C[SiH2]C1C(C)=Cc2ccccc21. The van der Waals surface area contributed by atoms with Gasteiger partial charge >= 0.3 is 0 Å². The van der Waals surface area contributed by atoms with Crippen molar-refractivity contribution < 1.29 is 0 Å². The van der Waals surface area contributed by atoms with E-state index in [-0.39, 0.29) is 9.52 Å². The highest BCUT2D eigenvalue weighted by atomic mass is 28.2. The van der Waals surface area contributed by atoms with E-state index in [9.17, 15) is 0 Å². The summed E-state index contributed by atoms with van der Waals surface area (Å²) < 4.78 is 0. The van der Waals surface area contributed by atoms with Crippen LogP contribution in [0.2, 0.25) is 6.55 Å². The van der Waals surface area contributed by atoms with E-state index in [1.165, 1.54) is 5.56 Å². The molecule has 1 aromatic carbocycles. The van der Waals surface area contributed by atoms with Gasteiger partial charge in [-0.2, -0.15) is 0 Å². The molecule has 0 fully saturated rings. The van der Waals surface area contributed by atoms with E-state index in [0.29, 0.717) is 0 Å². The molecule has 0 aliphatic heterocycles. The van der Waals surface area contributed by atoms with Crippen molar-refractivity contribution in [2.75, 3.05) is 0 Å². The summed E-state index contributed by atoms with van der Waals surface area (Å²) in [5.74, 6) is 0. The van der Waals surface area contributed by atoms with Crippen LogP contribution in [-0.2, 0) is 0 Å². The summed E-state index contributed by atoms with van der Waals surface area (Å²) >= 11 is 0. The zero-order chi connectivity index (χ0) is 8.55. The summed E-state index contributed by atoms with van der Waals surface area (Å²) in [6.07, 6.45) is 2.34. The maximum atomic E-state index is 2.39. The molecule has 1 aliphatic rings. The van der Waals surface area contributed by atoms with Crippen LogP contribution >= 0.6 is 0 Å². The Morgan fingerprint density at radius 1 is 1.25 bits per heavy atom. The van der Waals surface area contributed by atoms with Crippen molar-refractivity contribution in [1.29, 1.82) is 0 Å². The molecular weight excluding hydrogens is 160 g/mol. The molecule has 0 amide bonds. The lowest BCUT2D eigenvalue weighted by Gasteiger charge is -2.09. The second-order valence-electron chi connectivity index (χ2n) is 3.48. The van der Waals surface area contributed by atoms with Crippen molar-refractivity contribution in [2.45, 2.75) is 19.0 Å². The fourth-order valence-corrected chi connectivity index (χ4v) is 3.67. The zero-order valence-electron chi connectivity index (χ0n) is 7.67. The average molecular weight is 174 g/mol. The highest BCUT2D eigenvalue weighted by Crippen LogP contribution is 2.34. The fraction of sp³-hybridized carbons (Fsp3) is 0.273. The van der Waals surface area contributed by atoms with Gasteiger partial charge in [0.15, 0.2) is 0 Å². The van der Waals surface area contributed by atoms with Crippen molar-refractivity contribution in [3.05, 3.63) is 41.0 Å². The van der Waals surface area contributed by atoms with Crippen molar-refractivity contribution in [3.8, 4) is 0 Å². The molecule has 0 radical (unpaired) electrons. The van der Waals surface area contributed by atoms with Gasteiger partial charge in [-0.15, -0.1) is 0 Å². The third-order valence-corrected chi connectivity index (χ3v) is 4.61. The van der Waals surface area contributed by atoms with Gasteiger partial charge in [0.2, 0.25) is 0 Å². The van der Waals surface area contributed by atoms with E-state index in [1.54, 1.807) is 11.1 Å². The van der Waals surface area contributed by atoms with Crippen LogP contribution in [0.5, 0.6) is 0 Å². The summed E-state index contributed by atoms with van der Waals surface area (Å²) in [6, 6.07) is 8.79. The van der Waals surface area contributed by atoms with E-state index in [1.807, 2.05) is 0 Å². The molecule has 1 aromatic rings. The molecular formula is C11H14Si. The van der Waals surface area contributed by atoms with Crippen molar-refractivity contribution in [2.24, 2.45) is 0 Å². The van der Waals surface area contributed by atoms with Gasteiger partial charge in [-0.3, -0.25) is 0 Å². The van der Waals surface area contributed by atoms with Gasteiger partial charge in [-0.1, -0.05) is 42.5 Å². The molecule has 0 bridgehead atoms. The van der Waals surface area contributed by atoms with Crippen LogP contribution in [0.25, 0.3) is 6.08 Å². The quantitative estimate of drug-likeness (QED) is 0.573. The number of rotatable bonds is 1. The molecule has 0 aromatic heterocycles. The van der Waals surface area contributed by atoms with Crippen LogP contribution < -0.4 is 0 Å². The maximum absolute atomic E-state index is 2.39. The molecule has 1 unspecified atom stereocenters. The van der Waals surface area contributed by atoms with E-state index in [0.717, 1.165) is 5.54 Å². The van der Waals surface area contributed by atoms with Crippen LogP contribution in [0.3, 0.4) is 0 Å². The van der Waals surface area contributed by atoms with Gasteiger partial charge < -0.3 is 0 Å². The Kier molecular flexibility index (Phi) is 1.89. The lowest BCUT2D eigenvalue weighted by Crippen LogP contribution is -2.02. The Bertz CT molecular complexity index is 326. The van der Waals surface area contributed by atoms with Gasteiger partial charge in [0.05, 0.1) is 0 Å². The summed E-state index contributed by atoms with van der Waals surface area (Å²) in [4.78, 5) is 0. The highest BCUT2D eigenvalue weighted by molar-refractivity contribution is 6.38. The van der Waals surface area contributed by atoms with Gasteiger partial charge in [0, 0.05) is 9.52 Å². The smallest absolute Gasteiger partial charge is 0.0308 e. The predicted octanol–water partition coefficient (Wildman–Crippen LogP) is 2.36. The molecule has 0 spiro atoms. The normalized spacial score (nSPS) is 21.5. The summed E-state index contributed by atoms with van der Waals surface area (Å²) in [5.41, 5.74) is 5.42. The molecule has 2 rings (SSSR count). The number of fused-ring (bicyclic) bond motifs is 1. The molecule has 0 heterocycles. The van der Waals surface area contributed by atoms with E-state index < -0.39 is 0 Å². The summed E-state index contributed by atoms with van der Waals surface area (Å²) in [5, 5.41) is 0. The highest BCUT2D eigenvalue weighted by Gasteiger charge is 2.19. The lowest BCUT2D eigenvalue weighted by atomic mass is 10.1. The molecule has 0 saturated carbocycles. The van der Waals surface area contributed by atoms with Crippen LogP contribution in [0.1, 0.15) is 23.6 Å². The second-order valence-corrected chi connectivity index (χ2v) is 5.11. The molecule has 62 valence electrons. The molecule has 12 heavy (non-hydrogen) atoms. The Morgan fingerprint density at radius 2 is 2.00 bits per heavy atom. The summed E-state index contributed by atoms with van der Waals surface area (Å²) in [6.45, 7) is 4.66. The molecule has 0 N–H and O–H groups in total. The Morgan fingerprint density at radius 3 is 2.75 bits per heavy atom. The van der Waals surface area contributed by atoms with Crippen molar-refractivity contribution in [1.82, 2.24) is 0 Å². The minimum atomic E-state index is 0.0660. The number of allylic oxidation sites excluding steroid dienone is 1. The third kappa shape index (κ3) is 1.05. The van der Waals surface area contributed by atoms with Crippen LogP contribution in [0.4, 0.5) is 0 Å². The Labute approximate surface area is 76.1 Å². The summed E-state index contributed by atoms with van der Waals surface area (Å²) in [7, 11) is 0.0660. The minimum Gasteiger partial charge on any atom is -0.0740 e. The van der Waals surface area contributed by atoms with Crippen molar-refractivity contribution >= 4 is 15.6 Å². The van der Waals surface area contributed by atoms with Crippen LogP contribution in [0, 0.1) is 0 Å². The largest absolute Gasteiger partial charge is 0.0740 e. The molecule has 1 aliphatic carbocycles. The predicted molar refractivity (Wildman–Crippen MR) is 57.2 cm³/mol. The van der Waals surface area contributed by atoms with E-state index in [4.69, 9.17) is 0 Å². The molecule has 0 saturated heterocycles. The number of hydrogen-bond acceptors (Lipinski definition) is 0. The number of benzene rings is 1. The second kappa shape index (κ2) is 2.90. The first-order valence-corrected chi connectivity index (χ1v) is 6.83. The zero-order valence-corrected chi connectivity index (χ0v) is 9.09. The monoisotopic (exact) mass is 174 g/mol. The van der Waals surface area contributed by atoms with Gasteiger partial charge in [-0.05, 0) is 23.6 Å². The van der Waals surface area contributed by atoms with Crippen LogP contribution in [-0.4, -0.2) is 9.52 Å². The topological polar surface area (TPSA) is 0 Å². The van der Waals surface area contributed by atoms with Crippen molar-refractivity contribution in [3.63, 3.8) is 0 Å². The first kappa shape index (κ1) is 7.81. The third-order valence-electron chi connectivity index (χ3n) is 2.71. The lowest BCUT2D eigenvalue weighted by molar-refractivity contribution is 1.12. The average Bonchev–Trinajstić information content (AvgIpc) is 2.40. The van der Waals surface area contributed by atoms with Gasteiger partial charge in [0.25, 0.3) is 0 Å². The first-order chi connectivity index (χ1) is 5.83. The molecule has 1 heteroatoms. The van der Waals surface area contributed by atoms with Gasteiger partial charge in [-0.25, -0.2) is 0 Å². The maximum Gasteiger partial charge on any atom is 0.0308 e. The molecule has 0 nitrogen and oxygen atoms in total. The first-order valence-electron chi connectivity index (χ1n) is 4.60. The Balaban J connectivity index is 2.50. The van der Waals surface area contributed by atoms with E-state index >= 15 is 0 Å². The van der Waals surface area contributed by atoms with Crippen LogP contribution in [0.15, 0.2) is 29.8 Å². The Hall–Kier alpha value is -0.823. The minimum absolute atomic E-state index is 0.0660. The van der Waals surface area contributed by atoms with Gasteiger partial charge in [0.1, 0.15) is 0 Å². The fourth-order valence-electron chi connectivity index (χ4n) is 2.09. The molecule has 1 atom stereocenters. The standard InChI is InChI=1S/C11H14Si/c1-8-7-9-5-3-4-6-10(9)11(8)12-2/h3-7,11H,12H2,1-2H3. The van der Waals surface area contributed by atoms with E-state index in [2.05, 4.69) is 43.8 Å². The number of hydrogen-bond donors (Lipinski definition) is 0.